The second-order valence-corrected chi connectivity index (χ2v) is 2.67. The van der Waals surface area contributed by atoms with Gasteiger partial charge in [-0.1, -0.05) is 0 Å². The summed E-state index contributed by atoms with van der Waals surface area (Å²) in [6, 6.07) is 0. The highest BCUT2D eigenvalue weighted by Gasteiger charge is 2.31. The Balaban J connectivity index is 2.27. The van der Waals surface area contributed by atoms with Gasteiger partial charge in [0.25, 0.3) is 0 Å². The first kappa shape index (κ1) is 7.95. The summed E-state index contributed by atoms with van der Waals surface area (Å²) in [7, 11) is 1.60. The lowest BCUT2D eigenvalue weighted by Gasteiger charge is -2.07. The Morgan fingerprint density at radius 3 is 2.80 bits per heavy atom. The van der Waals surface area contributed by atoms with Crippen molar-refractivity contribution >= 4 is 0 Å². The van der Waals surface area contributed by atoms with E-state index in [0.717, 1.165) is 0 Å². The summed E-state index contributed by atoms with van der Waals surface area (Å²) in [4.78, 5) is 0. The van der Waals surface area contributed by atoms with E-state index >= 15 is 0 Å². The van der Waals surface area contributed by atoms with Crippen LogP contribution in [0, 0.1) is 0 Å². The third kappa shape index (κ3) is 1.67. The summed E-state index contributed by atoms with van der Waals surface area (Å²) < 4.78 is 22.8. The molecule has 0 aromatic carbocycles. The maximum Gasteiger partial charge on any atom is 0.128 e. The minimum absolute atomic E-state index is 0.0324. The highest BCUT2D eigenvalue weighted by molar-refractivity contribution is 4.78. The fourth-order valence-corrected chi connectivity index (χ4v) is 1.18. The minimum atomic E-state index is -0.805. The van der Waals surface area contributed by atoms with Crippen molar-refractivity contribution in [2.75, 3.05) is 13.7 Å². The molecule has 0 N–H and O–H groups in total. The van der Waals surface area contributed by atoms with Crippen molar-refractivity contribution in [3.63, 3.8) is 0 Å². The zero-order chi connectivity index (χ0) is 7.56. The molecular formula is C7H13FO2. The normalized spacial score (nSPS) is 40.5. The first-order valence-electron chi connectivity index (χ1n) is 3.52. The van der Waals surface area contributed by atoms with E-state index in [9.17, 15) is 4.39 Å². The Labute approximate surface area is 60.3 Å². The number of methoxy groups -OCH3 is 1. The van der Waals surface area contributed by atoms with E-state index in [2.05, 4.69) is 0 Å². The van der Waals surface area contributed by atoms with Crippen molar-refractivity contribution < 1.29 is 13.9 Å². The van der Waals surface area contributed by atoms with Crippen LogP contribution in [0.5, 0.6) is 0 Å². The van der Waals surface area contributed by atoms with Crippen LogP contribution in [0.2, 0.25) is 0 Å². The molecule has 1 aliphatic rings. The molecule has 1 saturated heterocycles. The summed E-state index contributed by atoms with van der Waals surface area (Å²) >= 11 is 0. The first-order valence-corrected chi connectivity index (χ1v) is 3.52. The van der Waals surface area contributed by atoms with Gasteiger partial charge in [0.15, 0.2) is 0 Å². The van der Waals surface area contributed by atoms with Crippen molar-refractivity contribution in [3.8, 4) is 0 Å². The topological polar surface area (TPSA) is 18.5 Å². The van der Waals surface area contributed by atoms with Gasteiger partial charge in [0, 0.05) is 13.5 Å². The monoisotopic (exact) mass is 148 g/mol. The molecule has 0 aliphatic carbocycles. The highest BCUT2D eigenvalue weighted by atomic mass is 19.1. The number of hydrogen-bond acceptors (Lipinski definition) is 2. The highest BCUT2D eigenvalue weighted by Crippen LogP contribution is 2.22. The van der Waals surface area contributed by atoms with Gasteiger partial charge in [-0.3, -0.25) is 0 Å². The van der Waals surface area contributed by atoms with Gasteiger partial charge in [-0.25, -0.2) is 4.39 Å². The molecule has 0 radical (unpaired) electrons. The van der Waals surface area contributed by atoms with Gasteiger partial charge in [0.2, 0.25) is 0 Å². The summed E-state index contributed by atoms with van der Waals surface area (Å²) in [5.41, 5.74) is 0. The predicted octanol–water partition coefficient (Wildman–Crippen LogP) is 1.15. The summed E-state index contributed by atoms with van der Waals surface area (Å²) in [5, 5.41) is 0. The molecule has 1 heterocycles. The molecule has 1 aliphatic heterocycles. The van der Waals surface area contributed by atoms with Crippen LogP contribution in [0.4, 0.5) is 4.39 Å². The third-order valence-electron chi connectivity index (χ3n) is 1.76. The van der Waals surface area contributed by atoms with Crippen LogP contribution in [0.1, 0.15) is 13.3 Å². The Hall–Kier alpha value is -0.150. The summed E-state index contributed by atoms with van der Waals surface area (Å²) in [5.74, 6) is 0. The lowest BCUT2D eigenvalue weighted by molar-refractivity contribution is -0.00118. The minimum Gasteiger partial charge on any atom is -0.382 e. The van der Waals surface area contributed by atoms with Crippen LogP contribution in [0.15, 0.2) is 0 Å². The first-order chi connectivity index (χ1) is 4.74. The van der Waals surface area contributed by atoms with E-state index in [1.54, 1.807) is 14.0 Å². The van der Waals surface area contributed by atoms with E-state index in [1.165, 1.54) is 0 Å². The van der Waals surface area contributed by atoms with E-state index in [4.69, 9.17) is 9.47 Å². The van der Waals surface area contributed by atoms with Gasteiger partial charge in [0.1, 0.15) is 6.17 Å². The molecule has 0 spiro atoms. The molecule has 3 atom stereocenters. The van der Waals surface area contributed by atoms with Crippen molar-refractivity contribution in [1.82, 2.24) is 0 Å². The molecule has 3 heteroatoms. The van der Waals surface area contributed by atoms with Gasteiger partial charge in [-0.2, -0.15) is 0 Å². The molecule has 60 valence electrons. The van der Waals surface area contributed by atoms with Gasteiger partial charge in [-0.05, 0) is 6.92 Å². The summed E-state index contributed by atoms with van der Waals surface area (Å²) in [6.45, 7) is 2.26. The van der Waals surface area contributed by atoms with Crippen molar-refractivity contribution in [2.24, 2.45) is 0 Å². The van der Waals surface area contributed by atoms with Gasteiger partial charge in [0.05, 0.1) is 18.8 Å². The van der Waals surface area contributed by atoms with Crippen molar-refractivity contribution in [2.45, 2.75) is 31.7 Å². The van der Waals surface area contributed by atoms with E-state index < -0.39 is 6.17 Å². The zero-order valence-corrected chi connectivity index (χ0v) is 6.34. The fraction of sp³-hybridized carbons (Fsp3) is 1.00. The quantitative estimate of drug-likeness (QED) is 0.584. The fourth-order valence-electron chi connectivity index (χ4n) is 1.18. The smallest absolute Gasteiger partial charge is 0.128 e. The molecule has 0 saturated carbocycles. The van der Waals surface area contributed by atoms with Crippen molar-refractivity contribution in [1.29, 1.82) is 0 Å². The van der Waals surface area contributed by atoms with Crippen LogP contribution in [-0.2, 0) is 9.47 Å². The maximum atomic E-state index is 12.7. The lowest BCUT2D eigenvalue weighted by atomic mass is 10.2. The molecule has 0 amide bonds. The Bertz CT molecular complexity index is 97.8. The molecule has 0 bridgehead atoms. The molecular weight excluding hydrogens is 135 g/mol. The van der Waals surface area contributed by atoms with Gasteiger partial charge in [-0.15, -0.1) is 0 Å². The molecule has 2 nitrogen and oxygen atoms in total. The van der Waals surface area contributed by atoms with Crippen LogP contribution < -0.4 is 0 Å². The lowest BCUT2D eigenvalue weighted by Crippen LogP contribution is -2.14. The number of hydrogen-bond donors (Lipinski definition) is 0. The average molecular weight is 148 g/mol. The Morgan fingerprint density at radius 1 is 1.70 bits per heavy atom. The van der Waals surface area contributed by atoms with E-state index in [0.29, 0.717) is 13.0 Å². The second kappa shape index (κ2) is 3.30. The van der Waals surface area contributed by atoms with Crippen molar-refractivity contribution in [3.05, 3.63) is 0 Å². The number of ether oxygens (including phenoxy) is 2. The zero-order valence-electron chi connectivity index (χ0n) is 6.34. The number of alkyl halides is 1. The average Bonchev–Trinajstić information content (AvgIpc) is 2.14. The Kier molecular flexibility index (Phi) is 2.63. The van der Waals surface area contributed by atoms with Gasteiger partial charge >= 0.3 is 0 Å². The predicted molar refractivity (Wildman–Crippen MR) is 35.7 cm³/mol. The molecule has 10 heavy (non-hydrogen) atoms. The Morgan fingerprint density at radius 2 is 2.40 bits per heavy atom. The molecule has 0 unspecified atom stereocenters. The molecule has 1 fully saturated rings. The SMILES string of the molecule is COC[C@@H]1C[C@H](F)[C@H](C)O1. The van der Waals surface area contributed by atoms with E-state index in [-0.39, 0.29) is 12.2 Å². The van der Waals surface area contributed by atoms with Crippen LogP contribution in [0.25, 0.3) is 0 Å². The molecule has 0 aromatic rings. The maximum absolute atomic E-state index is 12.7. The number of halogens is 1. The molecule has 1 rings (SSSR count). The summed E-state index contributed by atoms with van der Waals surface area (Å²) in [6.07, 6.45) is -0.607. The molecule has 0 aromatic heterocycles. The van der Waals surface area contributed by atoms with Crippen LogP contribution in [-0.4, -0.2) is 32.1 Å². The largest absolute Gasteiger partial charge is 0.382 e. The second-order valence-electron chi connectivity index (χ2n) is 2.67. The van der Waals surface area contributed by atoms with Crippen LogP contribution >= 0.6 is 0 Å². The van der Waals surface area contributed by atoms with E-state index in [1.807, 2.05) is 0 Å². The number of rotatable bonds is 2. The standard InChI is InChI=1S/C7H13FO2/c1-5-7(8)3-6(10-5)4-9-2/h5-7H,3-4H2,1-2H3/t5-,6-,7-/m0/s1. The third-order valence-corrected chi connectivity index (χ3v) is 1.76. The van der Waals surface area contributed by atoms with Crippen LogP contribution in [0.3, 0.4) is 0 Å². The van der Waals surface area contributed by atoms with Gasteiger partial charge < -0.3 is 9.47 Å².